The summed E-state index contributed by atoms with van der Waals surface area (Å²) in [7, 11) is 0. The summed E-state index contributed by atoms with van der Waals surface area (Å²) >= 11 is 0. The van der Waals surface area contributed by atoms with E-state index >= 15 is 0 Å². The minimum absolute atomic E-state index is 0.0240. The lowest BCUT2D eigenvalue weighted by Gasteiger charge is -2.36. The van der Waals surface area contributed by atoms with Crippen molar-refractivity contribution in [2.45, 2.75) is 25.8 Å². The number of nitrogens with two attached hydrogens (primary N) is 1. The second-order valence-electron chi connectivity index (χ2n) is 4.59. The minimum atomic E-state index is 0.0240. The van der Waals surface area contributed by atoms with E-state index in [1.165, 1.54) is 0 Å². The Bertz CT molecular complexity index is 380. The van der Waals surface area contributed by atoms with Crippen molar-refractivity contribution in [1.29, 1.82) is 0 Å². The average molecular weight is 233 g/mol. The van der Waals surface area contributed by atoms with Crippen LogP contribution in [0.5, 0.6) is 0 Å². The first kappa shape index (κ1) is 12.0. The number of pyridine rings is 1. The highest BCUT2D eigenvalue weighted by Crippen LogP contribution is 2.19. The van der Waals surface area contributed by atoms with E-state index in [0.717, 1.165) is 25.9 Å². The number of carbonyl (C=O) groups excluding carboxylic acids is 1. The third-order valence-corrected chi connectivity index (χ3v) is 3.49. The van der Waals surface area contributed by atoms with E-state index in [0.29, 0.717) is 11.6 Å². The van der Waals surface area contributed by atoms with Crippen molar-refractivity contribution in [2.24, 2.45) is 11.7 Å². The molecule has 0 spiro atoms. The third-order valence-electron chi connectivity index (χ3n) is 3.49. The summed E-state index contributed by atoms with van der Waals surface area (Å²) < 4.78 is 0. The number of amides is 1. The Morgan fingerprint density at radius 1 is 1.59 bits per heavy atom. The van der Waals surface area contributed by atoms with E-state index in [1.54, 1.807) is 12.3 Å². The van der Waals surface area contributed by atoms with Gasteiger partial charge in [0.25, 0.3) is 5.91 Å². The fraction of sp³-hybridized carbons (Fsp3) is 0.538. The van der Waals surface area contributed by atoms with Gasteiger partial charge in [-0.2, -0.15) is 0 Å². The van der Waals surface area contributed by atoms with Crippen LogP contribution in [-0.4, -0.2) is 34.9 Å². The summed E-state index contributed by atoms with van der Waals surface area (Å²) in [6.45, 7) is 3.62. The van der Waals surface area contributed by atoms with Crippen LogP contribution >= 0.6 is 0 Å². The van der Waals surface area contributed by atoms with Crippen molar-refractivity contribution in [3.8, 4) is 0 Å². The molecular formula is C13H19N3O. The maximum absolute atomic E-state index is 12.2. The van der Waals surface area contributed by atoms with Crippen LogP contribution in [0.2, 0.25) is 0 Å². The first-order valence-electron chi connectivity index (χ1n) is 6.18. The van der Waals surface area contributed by atoms with Gasteiger partial charge in [0.05, 0.1) is 0 Å². The highest BCUT2D eigenvalue weighted by atomic mass is 16.2. The lowest BCUT2D eigenvalue weighted by Crippen LogP contribution is -2.49. The van der Waals surface area contributed by atoms with Crippen LogP contribution in [0.25, 0.3) is 0 Å². The quantitative estimate of drug-likeness (QED) is 0.837. The molecule has 17 heavy (non-hydrogen) atoms. The Labute approximate surface area is 102 Å². The number of aromatic nitrogens is 1. The van der Waals surface area contributed by atoms with Crippen molar-refractivity contribution in [1.82, 2.24) is 9.88 Å². The van der Waals surface area contributed by atoms with Gasteiger partial charge in [-0.3, -0.25) is 9.78 Å². The Balaban J connectivity index is 2.06. The number of hydrogen-bond acceptors (Lipinski definition) is 3. The highest BCUT2D eigenvalue weighted by molar-refractivity contribution is 5.92. The zero-order chi connectivity index (χ0) is 12.3. The lowest BCUT2D eigenvalue weighted by atomic mass is 9.90. The molecule has 4 nitrogen and oxygen atoms in total. The lowest BCUT2D eigenvalue weighted by molar-refractivity contribution is 0.0643. The first-order chi connectivity index (χ1) is 8.22. The van der Waals surface area contributed by atoms with E-state index in [1.807, 2.05) is 17.0 Å². The van der Waals surface area contributed by atoms with Gasteiger partial charge in [-0.15, -0.1) is 0 Å². The molecule has 2 rings (SSSR count). The molecule has 1 aliphatic heterocycles. The number of likely N-dealkylation sites (tertiary alicyclic amines) is 1. The molecular weight excluding hydrogens is 214 g/mol. The Morgan fingerprint density at radius 3 is 3.06 bits per heavy atom. The summed E-state index contributed by atoms with van der Waals surface area (Å²) in [6, 6.07) is 5.65. The predicted octanol–water partition coefficient (Wildman–Crippen LogP) is 1.28. The fourth-order valence-electron chi connectivity index (χ4n) is 2.32. The number of rotatable bonds is 2. The molecule has 1 aromatic rings. The zero-order valence-electron chi connectivity index (χ0n) is 10.2. The van der Waals surface area contributed by atoms with Gasteiger partial charge in [-0.1, -0.05) is 19.4 Å². The van der Waals surface area contributed by atoms with Crippen LogP contribution < -0.4 is 5.73 Å². The van der Waals surface area contributed by atoms with Gasteiger partial charge >= 0.3 is 0 Å². The second-order valence-corrected chi connectivity index (χ2v) is 4.59. The maximum Gasteiger partial charge on any atom is 0.272 e. The molecule has 2 heterocycles. The normalized spacial score (nSPS) is 24.7. The fourth-order valence-corrected chi connectivity index (χ4v) is 2.32. The molecule has 1 saturated heterocycles. The van der Waals surface area contributed by atoms with Crippen LogP contribution in [-0.2, 0) is 0 Å². The second kappa shape index (κ2) is 5.27. The number of carbonyl (C=O) groups is 1. The molecule has 1 aliphatic rings. The molecule has 2 atom stereocenters. The SMILES string of the molecule is CCC1CN(C(=O)c2ccccn2)CCC1N. The molecule has 1 aromatic heterocycles. The van der Waals surface area contributed by atoms with Gasteiger partial charge in [-0.25, -0.2) is 0 Å². The van der Waals surface area contributed by atoms with Gasteiger partial charge in [0, 0.05) is 25.3 Å². The monoisotopic (exact) mass is 233 g/mol. The summed E-state index contributed by atoms with van der Waals surface area (Å²) in [5.41, 5.74) is 6.56. The molecule has 2 N–H and O–H groups in total. The van der Waals surface area contributed by atoms with Gasteiger partial charge in [-0.05, 0) is 24.5 Å². The maximum atomic E-state index is 12.2. The zero-order valence-corrected chi connectivity index (χ0v) is 10.2. The van der Waals surface area contributed by atoms with E-state index in [9.17, 15) is 4.79 Å². The summed E-state index contributed by atoms with van der Waals surface area (Å²) in [6.07, 6.45) is 3.56. The highest BCUT2D eigenvalue weighted by Gasteiger charge is 2.28. The largest absolute Gasteiger partial charge is 0.337 e. The summed E-state index contributed by atoms with van der Waals surface area (Å²) in [5.74, 6) is 0.437. The van der Waals surface area contributed by atoms with Gasteiger partial charge in [0.2, 0.25) is 0 Å². The topological polar surface area (TPSA) is 59.2 Å². The standard InChI is InChI=1S/C13H19N3O/c1-2-10-9-16(8-6-11(10)14)13(17)12-5-3-4-7-15-12/h3-5,7,10-11H,2,6,8-9,14H2,1H3. The third kappa shape index (κ3) is 2.64. The number of piperidine rings is 1. The Hall–Kier alpha value is -1.42. The minimum Gasteiger partial charge on any atom is -0.337 e. The molecule has 2 unspecified atom stereocenters. The summed E-state index contributed by atoms with van der Waals surface area (Å²) in [5, 5.41) is 0. The van der Waals surface area contributed by atoms with Gasteiger partial charge in [0.1, 0.15) is 5.69 Å². The van der Waals surface area contributed by atoms with Crippen molar-refractivity contribution in [3.05, 3.63) is 30.1 Å². The van der Waals surface area contributed by atoms with Crippen LogP contribution in [0.1, 0.15) is 30.3 Å². The van der Waals surface area contributed by atoms with Crippen LogP contribution in [0.4, 0.5) is 0 Å². The van der Waals surface area contributed by atoms with E-state index in [2.05, 4.69) is 11.9 Å². The van der Waals surface area contributed by atoms with E-state index in [-0.39, 0.29) is 11.9 Å². The number of hydrogen-bond donors (Lipinski definition) is 1. The molecule has 92 valence electrons. The molecule has 4 heteroatoms. The molecule has 0 radical (unpaired) electrons. The molecule has 0 aromatic carbocycles. The number of nitrogens with zero attached hydrogens (tertiary/aromatic N) is 2. The molecule has 0 aliphatic carbocycles. The van der Waals surface area contributed by atoms with Crippen molar-refractivity contribution in [2.75, 3.05) is 13.1 Å². The predicted molar refractivity (Wildman–Crippen MR) is 66.5 cm³/mol. The average Bonchev–Trinajstić information content (AvgIpc) is 2.39. The molecule has 1 fully saturated rings. The van der Waals surface area contributed by atoms with E-state index < -0.39 is 0 Å². The van der Waals surface area contributed by atoms with Crippen LogP contribution in [0.3, 0.4) is 0 Å². The van der Waals surface area contributed by atoms with Crippen molar-refractivity contribution >= 4 is 5.91 Å². The van der Waals surface area contributed by atoms with Crippen LogP contribution in [0.15, 0.2) is 24.4 Å². The Morgan fingerprint density at radius 2 is 2.41 bits per heavy atom. The first-order valence-corrected chi connectivity index (χ1v) is 6.18. The van der Waals surface area contributed by atoms with Gasteiger partial charge in [0.15, 0.2) is 0 Å². The molecule has 0 saturated carbocycles. The molecule has 1 amide bonds. The Kier molecular flexibility index (Phi) is 3.74. The van der Waals surface area contributed by atoms with Gasteiger partial charge < -0.3 is 10.6 Å². The van der Waals surface area contributed by atoms with Crippen molar-refractivity contribution in [3.63, 3.8) is 0 Å². The van der Waals surface area contributed by atoms with Crippen LogP contribution in [0, 0.1) is 5.92 Å². The summed E-state index contributed by atoms with van der Waals surface area (Å²) in [4.78, 5) is 18.2. The van der Waals surface area contributed by atoms with E-state index in [4.69, 9.17) is 5.73 Å². The smallest absolute Gasteiger partial charge is 0.272 e. The molecule has 0 bridgehead atoms. The van der Waals surface area contributed by atoms with Crippen molar-refractivity contribution < 1.29 is 4.79 Å².